The molecule has 8 nitrogen and oxygen atoms in total. The maximum atomic E-state index is 12.5. The van der Waals surface area contributed by atoms with Gasteiger partial charge in [-0.15, -0.1) is 12.4 Å². The highest BCUT2D eigenvalue weighted by Gasteiger charge is 2.38. The van der Waals surface area contributed by atoms with Crippen molar-refractivity contribution in [3.05, 3.63) is 11.7 Å². The van der Waals surface area contributed by atoms with Crippen LogP contribution in [0.15, 0.2) is 4.52 Å². The van der Waals surface area contributed by atoms with Gasteiger partial charge in [-0.3, -0.25) is 9.59 Å². The number of nitrogens with two attached hydrogens (primary N) is 1. The summed E-state index contributed by atoms with van der Waals surface area (Å²) in [7, 11) is 0. The smallest absolute Gasteiger partial charge is 0.227 e. The van der Waals surface area contributed by atoms with Gasteiger partial charge in [-0.25, -0.2) is 0 Å². The zero-order chi connectivity index (χ0) is 19.3. The Hall–Kier alpha value is -1.67. The van der Waals surface area contributed by atoms with Crippen molar-refractivity contribution in [3.63, 3.8) is 0 Å². The molecule has 0 radical (unpaired) electrons. The molecule has 1 aliphatic carbocycles. The third kappa shape index (κ3) is 5.23. The second-order valence-corrected chi connectivity index (χ2v) is 7.81. The fourth-order valence-electron chi connectivity index (χ4n) is 4.39. The Morgan fingerprint density at radius 2 is 1.96 bits per heavy atom. The van der Waals surface area contributed by atoms with E-state index >= 15 is 0 Å². The fraction of sp³-hybridized carbons (Fsp3) is 0.789. The van der Waals surface area contributed by atoms with E-state index in [9.17, 15) is 9.59 Å². The molecule has 3 N–H and O–H groups in total. The van der Waals surface area contributed by atoms with E-state index in [1.165, 1.54) is 6.92 Å². The lowest BCUT2D eigenvalue weighted by molar-refractivity contribution is -0.131. The molecule has 1 saturated carbocycles. The van der Waals surface area contributed by atoms with E-state index in [4.69, 9.17) is 10.3 Å². The minimum Gasteiger partial charge on any atom is -0.343 e. The van der Waals surface area contributed by atoms with Crippen LogP contribution in [0.1, 0.15) is 76.4 Å². The maximum Gasteiger partial charge on any atom is 0.227 e. The number of hydrogen-bond acceptors (Lipinski definition) is 6. The molecule has 0 bridgehead atoms. The van der Waals surface area contributed by atoms with Crippen LogP contribution in [-0.2, 0) is 21.5 Å². The van der Waals surface area contributed by atoms with E-state index in [1.807, 2.05) is 4.90 Å². The number of hydrogen-bond donors (Lipinski definition) is 2. The molecular weight excluding hydrogens is 382 g/mol. The number of amides is 2. The lowest BCUT2D eigenvalue weighted by atomic mass is 9.89. The first-order valence-corrected chi connectivity index (χ1v) is 10.2. The summed E-state index contributed by atoms with van der Waals surface area (Å²) >= 11 is 0. The number of aromatic nitrogens is 2. The predicted octanol–water partition coefficient (Wildman–Crippen LogP) is 2.06. The number of carbonyl (C=O) groups is 2. The first kappa shape index (κ1) is 22.6. The van der Waals surface area contributed by atoms with Crippen LogP contribution in [0, 0.1) is 0 Å². The van der Waals surface area contributed by atoms with E-state index in [0.717, 1.165) is 57.9 Å². The van der Waals surface area contributed by atoms with E-state index in [-0.39, 0.29) is 30.3 Å². The van der Waals surface area contributed by atoms with Crippen molar-refractivity contribution >= 4 is 24.2 Å². The van der Waals surface area contributed by atoms with Gasteiger partial charge in [0, 0.05) is 38.9 Å². The average Bonchev–Trinajstić information content (AvgIpc) is 3.26. The van der Waals surface area contributed by atoms with Gasteiger partial charge in [-0.2, -0.15) is 4.98 Å². The molecule has 1 aromatic heterocycles. The van der Waals surface area contributed by atoms with Crippen molar-refractivity contribution in [2.45, 2.75) is 82.7 Å². The summed E-state index contributed by atoms with van der Waals surface area (Å²) in [5.74, 6) is 1.01. The molecule has 1 unspecified atom stereocenters. The van der Waals surface area contributed by atoms with E-state index in [2.05, 4.69) is 15.5 Å². The van der Waals surface area contributed by atoms with Gasteiger partial charge in [0.05, 0.1) is 0 Å². The van der Waals surface area contributed by atoms with Crippen molar-refractivity contribution in [2.75, 3.05) is 13.1 Å². The molecule has 1 aromatic rings. The topological polar surface area (TPSA) is 114 Å². The van der Waals surface area contributed by atoms with Crippen LogP contribution in [-0.4, -0.2) is 46.0 Å². The number of likely N-dealkylation sites (tertiary alicyclic amines) is 1. The summed E-state index contributed by atoms with van der Waals surface area (Å²) in [6, 6.07) is 0.157. The van der Waals surface area contributed by atoms with Gasteiger partial charge >= 0.3 is 0 Å². The monoisotopic (exact) mass is 413 g/mol. The van der Waals surface area contributed by atoms with Gasteiger partial charge in [-0.1, -0.05) is 30.8 Å². The number of halogens is 1. The maximum absolute atomic E-state index is 12.5. The summed E-state index contributed by atoms with van der Waals surface area (Å²) < 4.78 is 5.42. The summed E-state index contributed by atoms with van der Waals surface area (Å²) in [5, 5.41) is 7.24. The minimum absolute atomic E-state index is 0. The largest absolute Gasteiger partial charge is 0.343 e. The quantitative estimate of drug-likeness (QED) is 0.690. The summed E-state index contributed by atoms with van der Waals surface area (Å²) in [4.78, 5) is 30.7. The molecule has 1 atom stereocenters. The van der Waals surface area contributed by atoms with Crippen molar-refractivity contribution in [3.8, 4) is 0 Å². The number of rotatable bonds is 6. The second kappa shape index (κ2) is 10.2. The normalized spacial score (nSPS) is 21.6. The van der Waals surface area contributed by atoms with Crippen LogP contribution in [0.3, 0.4) is 0 Å². The molecule has 0 aromatic carbocycles. The van der Waals surface area contributed by atoms with E-state index in [1.54, 1.807) is 0 Å². The molecule has 1 aliphatic heterocycles. The number of nitrogens with one attached hydrogen (secondary N) is 1. The van der Waals surface area contributed by atoms with E-state index in [0.29, 0.717) is 31.1 Å². The van der Waals surface area contributed by atoms with Crippen LogP contribution in [0.4, 0.5) is 0 Å². The number of aryl methyl sites for hydroxylation is 1. The van der Waals surface area contributed by atoms with Gasteiger partial charge < -0.3 is 20.5 Å². The van der Waals surface area contributed by atoms with Gasteiger partial charge in [0.15, 0.2) is 5.82 Å². The summed E-state index contributed by atoms with van der Waals surface area (Å²) in [6.07, 6.45) is 8.73. The highest BCUT2D eigenvalue weighted by molar-refractivity contribution is 5.85. The molecule has 2 fully saturated rings. The van der Waals surface area contributed by atoms with Crippen molar-refractivity contribution in [1.29, 1.82) is 0 Å². The standard InChI is InChI=1S/C19H31N5O3.ClH/c1-14(25)22-19(10-4-2-3-5-11-19)18-21-16(27-23-18)8-9-17(26)24-12-6-7-15(24)13-20;/h15H,2-13,20H2,1H3,(H,22,25);1H. The Bertz CT molecular complexity index is 658. The van der Waals surface area contributed by atoms with Crippen LogP contribution in [0.2, 0.25) is 0 Å². The molecule has 1 saturated heterocycles. The van der Waals surface area contributed by atoms with Crippen molar-refractivity contribution < 1.29 is 14.1 Å². The fourth-order valence-corrected chi connectivity index (χ4v) is 4.39. The molecule has 3 rings (SSSR count). The Morgan fingerprint density at radius 1 is 1.25 bits per heavy atom. The van der Waals surface area contributed by atoms with Crippen molar-refractivity contribution in [2.24, 2.45) is 5.73 Å². The summed E-state index contributed by atoms with van der Waals surface area (Å²) in [6.45, 7) is 2.81. The Balaban J connectivity index is 0.00000280. The minimum atomic E-state index is -0.548. The zero-order valence-corrected chi connectivity index (χ0v) is 17.4. The molecule has 2 heterocycles. The molecule has 2 amide bonds. The van der Waals surface area contributed by atoms with Gasteiger partial charge in [0.1, 0.15) is 5.54 Å². The summed E-state index contributed by atoms with van der Waals surface area (Å²) in [5.41, 5.74) is 5.21. The molecular formula is C19H32ClN5O3. The number of nitrogens with zero attached hydrogens (tertiary/aromatic N) is 3. The van der Waals surface area contributed by atoms with E-state index < -0.39 is 5.54 Å². The van der Waals surface area contributed by atoms with Crippen LogP contribution in [0.25, 0.3) is 0 Å². The highest BCUT2D eigenvalue weighted by atomic mass is 35.5. The van der Waals surface area contributed by atoms with Gasteiger partial charge in [0.2, 0.25) is 17.7 Å². The number of carbonyl (C=O) groups excluding carboxylic acids is 2. The van der Waals surface area contributed by atoms with Crippen LogP contribution < -0.4 is 11.1 Å². The van der Waals surface area contributed by atoms with Gasteiger partial charge in [0.25, 0.3) is 0 Å². The predicted molar refractivity (Wildman–Crippen MR) is 107 cm³/mol. The zero-order valence-electron chi connectivity index (χ0n) is 16.6. The SMILES string of the molecule is CC(=O)NC1(c2noc(CCC(=O)N3CCCC3CN)n2)CCCCCC1.Cl. The van der Waals surface area contributed by atoms with Crippen LogP contribution in [0.5, 0.6) is 0 Å². The third-order valence-electron chi connectivity index (χ3n) is 5.79. The Kier molecular flexibility index (Phi) is 8.24. The highest BCUT2D eigenvalue weighted by Crippen LogP contribution is 2.34. The third-order valence-corrected chi connectivity index (χ3v) is 5.79. The molecule has 9 heteroatoms. The van der Waals surface area contributed by atoms with Crippen LogP contribution >= 0.6 is 12.4 Å². The first-order valence-electron chi connectivity index (χ1n) is 10.2. The molecule has 158 valence electrons. The molecule has 2 aliphatic rings. The Labute approximate surface area is 172 Å². The lowest BCUT2D eigenvalue weighted by Crippen LogP contribution is -2.45. The lowest BCUT2D eigenvalue weighted by Gasteiger charge is -2.30. The van der Waals surface area contributed by atoms with Crippen molar-refractivity contribution in [1.82, 2.24) is 20.4 Å². The molecule has 28 heavy (non-hydrogen) atoms. The first-order chi connectivity index (χ1) is 13.0. The Morgan fingerprint density at radius 3 is 2.61 bits per heavy atom. The second-order valence-electron chi connectivity index (χ2n) is 7.81. The molecule has 0 spiro atoms. The van der Waals surface area contributed by atoms with Gasteiger partial charge in [-0.05, 0) is 25.7 Å². The average molecular weight is 414 g/mol.